The molecule has 1 aliphatic heterocycles. The molecule has 1 saturated heterocycles. The molecule has 6 heteroatoms. The van der Waals surface area contributed by atoms with Crippen LogP contribution in [0.25, 0.3) is 0 Å². The molecule has 0 bridgehead atoms. The van der Waals surface area contributed by atoms with E-state index in [4.69, 9.17) is 0 Å². The van der Waals surface area contributed by atoms with E-state index in [-0.39, 0.29) is 22.2 Å². The molecule has 1 amide bonds. The predicted octanol–water partition coefficient (Wildman–Crippen LogP) is 0.463. The van der Waals surface area contributed by atoms with Crippen molar-refractivity contribution in [3.05, 3.63) is 0 Å². The highest BCUT2D eigenvalue weighted by Gasteiger charge is 2.39. The van der Waals surface area contributed by atoms with Crippen molar-refractivity contribution in [1.29, 1.82) is 0 Å². The zero-order valence-corrected chi connectivity index (χ0v) is 10.6. The van der Waals surface area contributed by atoms with Crippen molar-refractivity contribution in [3.63, 3.8) is 0 Å². The zero-order valence-electron chi connectivity index (χ0n) is 8.21. The smallest absolute Gasteiger partial charge is 0.233 e. The first-order chi connectivity index (χ1) is 6.24. The van der Waals surface area contributed by atoms with Crippen LogP contribution in [-0.4, -0.2) is 36.2 Å². The molecule has 0 radical (unpaired) electrons. The van der Waals surface area contributed by atoms with E-state index in [0.29, 0.717) is 6.42 Å². The molecule has 2 atom stereocenters. The largest absolute Gasteiger partial charge is 0.349 e. The first-order valence-corrected chi connectivity index (χ1v) is 7.14. The SMILES string of the molecule is CC(Br)C(=O)NC1(C)CCS(=O)(=O)C1. The van der Waals surface area contributed by atoms with Gasteiger partial charge in [0.1, 0.15) is 0 Å². The fourth-order valence-electron chi connectivity index (χ4n) is 1.51. The molecule has 0 aliphatic carbocycles. The summed E-state index contributed by atoms with van der Waals surface area (Å²) in [6, 6.07) is 0. The van der Waals surface area contributed by atoms with Crippen molar-refractivity contribution < 1.29 is 13.2 Å². The lowest BCUT2D eigenvalue weighted by Crippen LogP contribution is -2.49. The molecule has 2 unspecified atom stereocenters. The summed E-state index contributed by atoms with van der Waals surface area (Å²) in [4.78, 5) is 11.1. The molecule has 1 fully saturated rings. The van der Waals surface area contributed by atoms with Gasteiger partial charge in [0.15, 0.2) is 9.84 Å². The maximum absolute atomic E-state index is 11.4. The third kappa shape index (κ3) is 2.95. The summed E-state index contributed by atoms with van der Waals surface area (Å²) in [5.74, 6) is 0.0518. The van der Waals surface area contributed by atoms with E-state index in [1.54, 1.807) is 13.8 Å². The molecule has 0 aromatic rings. The fourth-order valence-corrected chi connectivity index (χ4v) is 3.71. The molecule has 1 aliphatic rings. The lowest BCUT2D eigenvalue weighted by Gasteiger charge is -2.24. The number of rotatable bonds is 2. The summed E-state index contributed by atoms with van der Waals surface area (Å²) in [7, 11) is -2.96. The van der Waals surface area contributed by atoms with Gasteiger partial charge in [-0.15, -0.1) is 0 Å². The topological polar surface area (TPSA) is 63.2 Å². The Balaban J connectivity index is 2.66. The average Bonchev–Trinajstić information content (AvgIpc) is 2.25. The van der Waals surface area contributed by atoms with Crippen LogP contribution in [0.3, 0.4) is 0 Å². The van der Waals surface area contributed by atoms with Crippen molar-refractivity contribution in [3.8, 4) is 0 Å². The van der Waals surface area contributed by atoms with Crippen LogP contribution < -0.4 is 5.32 Å². The lowest BCUT2D eigenvalue weighted by atomic mass is 10.0. The molecule has 0 aromatic carbocycles. The number of carbonyl (C=O) groups excluding carboxylic acids is 1. The third-order valence-corrected chi connectivity index (χ3v) is 4.61. The Morgan fingerprint density at radius 3 is 2.50 bits per heavy atom. The second-order valence-electron chi connectivity index (χ2n) is 4.01. The van der Waals surface area contributed by atoms with Crippen molar-refractivity contribution in [2.75, 3.05) is 11.5 Å². The molecular formula is C8H14BrNO3S. The van der Waals surface area contributed by atoms with Gasteiger partial charge in [-0.1, -0.05) is 15.9 Å². The molecule has 1 N–H and O–H groups in total. The summed E-state index contributed by atoms with van der Waals surface area (Å²) in [6.07, 6.45) is 0.501. The first-order valence-electron chi connectivity index (χ1n) is 4.41. The van der Waals surface area contributed by atoms with Crippen LogP contribution in [0, 0.1) is 0 Å². The molecule has 82 valence electrons. The van der Waals surface area contributed by atoms with Crippen molar-refractivity contribution in [1.82, 2.24) is 5.32 Å². The number of alkyl halides is 1. The van der Waals surface area contributed by atoms with Gasteiger partial charge < -0.3 is 5.32 Å². The number of nitrogens with one attached hydrogen (secondary N) is 1. The Bertz CT molecular complexity index is 338. The Morgan fingerprint density at radius 2 is 2.14 bits per heavy atom. The monoisotopic (exact) mass is 283 g/mol. The standard InChI is InChI=1S/C8H14BrNO3S/c1-6(9)7(11)10-8(2)3-4-14(12,13)5-8/h6H,3-5H2,1-2H3,(H,10,11). The second-order valence-corrected chi connectivity index (χ2v) is 7.57. The van der Waals surface area contributed by atoms with E-state index in [2.05, 4.69) is 21.2 Å². The summed E-state index contributed by atoms with van der Waals surface area (Å²) in [5.41, 5.74) is -0.585. The summed E-state index contributed by atoms with van der Waals surface area (Å²) >= 11 is 3.14. The highest BCUT2D eigenvalue weighted by molar-refractivity contribution is 9.10. The van der Waals surface area contributed by atoms with Crippen LogP contribution in [0.2, 0.25) is 0 Å². The zero-order chi connectivity index (χ0) is 11.0. The van der Waals surface area contributed by atoms with Gasteiger partial charge in [0.2, 0.25) is 5.91 Å². The Labute approximate surface area is 92.5 Å². The summed E-state index contributed by atoms with van der Waals surface area (Å²) < 4.78 is 22.5. The van der Waals surface area contributed by atoms with Crippen LogP contribution in [0.5, 0.6) is 0 Å². The number of sulfone groups is 1. The Kier molecular flexibility index (Phi) is 3.26. The fraction of sp³-hybridized carbons (Fsp3) is 0.875. The molecule has 1 heterocycles. The van der Waals surface area contributed by atoms with Gasteiger partial charge in [-0.05, 0) is 20.3 Å². The van der Waals surface area contributed by atoms with Crippen LogP contribution in [0.1, 0.15) is 20.3 Å². The minimum Gasteiger partial charge on any atom is -0.349 e. The van der Waals surface area contributed by atoms with E-state index in [0.717, 1.165) is 0 Å². The van der Waals surface area contributed by atoms with Gasteiger partial charge in [0.05, 0.1) is 21.9 Å². The Hall–Kier alpha value is -0.100. The van der Waals surface area contributed by atoms with Crippen LogP contribution in [0.15, 0.2) is 0 Å². The minimum atomic E-state index is -2.96. The molecule has 14 heavy (non-hydrogen) atoms. The number of halogens is 1. The van der Waals surface area contributed by atoms with Gasteiger partial charge in [-0.3, -0.25) is 4.79 Å². The van der Waals surface area contributed by atoms with Crippen LogP contribution in [0.4, 0.5) is 0 Å². The van der Waals surface area contributed by atoms with Crippen molar-refractivity contribution in [2.45, 2.75) is 30.6 Å². The van der Waals surface area contributed by atoms with E-state index in [1.807, 2.05) is 0 Å². The minimum absolute atomic E-state index is 0.0471. The predicted molar refractivity (Wildman–Crippen MR) is 58.2 cm³/mol. The van der Waals surface area contributed by atoms with Gasteiger partial charge in [-0.2, -0.15) is 0 Å². The van der Waals surface area contributed by atoms with E-state index in [9.17, 15) is 13.2 Å². The second kappa shape index (κ2) is 3.81. The van der Waals surface area contributed by atoms with E-state index < -0.39 is 15.4 Å². The first kappa shape index (κ1) is 12.0. The molecule has 0 spiro atoms. The number of carbonyl (C=O) groups is 1. The van der Waals surface area contributed by atoms with Crippen LogP contribution >= 0.6 is 15.9 Å². The van der Waals surface area contributed by atoms with Crippen molar-refractivity contribution in [2.24, 2.45) is 0 Å². The average molecular weight is 284 g/mol. The number of hydrogen-bond acceptors (Lipinski definition) is 3. The highest BCUT2D eigenvalue weighted by Crippen LogP contribution is 2.23. The lowest BCUT2D eigenvalue weighted by molar-refractivity contribution is -0.121. The molecule has 0 aromatic heterocycles. The van der Waals surface area contributed by atoms with Gasteiger partial charge >= 0.3 is 0 Å². The normalized spacial score (nSPS) is 32.5. The number of hydrogen-bond donors (Lipinski definition) is 1. The Morgan fingerprint density at radius 1 is 1.57 bits per heavy atom. The maximum Gasteiger partial charge on any atom is 0.233 e. The third-order valence-electron chi connectivity index (χ3n) is 2.29. The molecule has 4 nitrogen and oxygen atoms in total. The van der Waals surface area contributed by atoms with Gasteiger partial charge in [0.25, 0.3) is 0 Å². The number of amides is 1. The van der Waals surface area contributed by atoms with E-state index >= 15 is 0 Å². The van der Waals surface area contributed by atoms with Gasteiger partial charge in [-0.25, -0.2) is 8.42 Å². The summed E-state index contributed by atoms with van der Waals surface area (Å²) in [6.45, 7) is 3.48. The van der Waals surface area contributed by atoms with Crippen molar-refractivity contribution >= 4 is 31.7 Å². The molecule has 1 rings (SSSR count). The quantitative estimate of drug-likeness (QED) is 0.749. The highest BCUT2D eigenvalue weighted by atomic mass is 79.9. The maximum atomic E-state index is 11.4. The van der Waals surface area contributed by atoms with Crippen LogP contribution in [-0.2, 0) is 14.6 Å². The molecule has 0 saturated carbocycles. The van der Waals surface area contributed by atoms with E-state index in [1.165, 1.54) is 0 Å². The van der Waals surface area contributed by atoms with Gasteiger partial charge in [0, 0.05) is 0 Å². The summed E-state index contributed by atoms with van der Waals surface area (Å²) in [5, 5.41) is 2.75. The molecular weight excluding hydrogens is 270 g/mol.